The van der Waals surface area contributed by atoms with E-state index in [9.17, 15) is 9.59 Å². The van der Waals surface area contributed by atoms with Crippen molar-refractivity contribution in [3.8, 4) is 0 Å². The zero-order chi connectivity index (χ0) is 14.7. The maximum Gasteiger partial charge on any atom is 0.329 e. The third-order valence-corrected chi connectivity index (χ3v) is 3.48. The molecule has 0 aliphatic carbocycles. The van der Waals surface area contributed by atoms with Gasteiger partial charge in [0.15, 0.2) is 0 Å². The van der Waals surface area contributed by atoms with E-state index in [1.807, 2.05) is 18.4 Å². The second kappa shape index (κ2) is 6.09. The van der Waals surface area contributed by atoms with Gasteiger partial charge < -0.3 is 4.57 Å². The van der Waals surface area contributed by atoms with Crippen LogP contribution in [0.2, 0.25) is 5.15 Å². The molecule has 0 spiro atoms. The predicted octanol–water partition coefficient (Wildman–Crippen LogP) is 1.60. The molecule has 2 rings (SSSR count). The van der Waals surface area contributed by atoms with Crippen molar-refractivity contribution in [2.75, 3.05) is 0 Å². The summed E-state index contributed by atoms with van der Waals surface area (Å²) in [6.07, 6.45) is 6.43. The fourth-order valence-electron chi connectivity index (χ4n) is 2.21. The van der Waals surface area contributed by atoms with Crippen molar-refractivity contribution in [3.63, 3.8) is 0 Å². The summed E-state index contributed by atoms with van der Waals surface area (Å²) in [4.78, 5) is 30.9. The molecule has 0 aliphatic heterocycles. The lowest BCUT2D eigenvalue weighted by Crippen LogP contribution is -2.40. The average molecular weight is 297 g/mol. The van der Waals surface area contributed by atoms with Gasteiger partial charge in [0.25, 0.3) is 5.56 Å². The van der Waals surface area contributed by atoms with E-state index in [1.54, 1.807) is 18.7 Å². The molecule has 2 heterocycles. The Hall–Kier alpha value is -1.82. The number of H-pyrrole nitrogens is 1. The Morgan fingerprint density at radius 3 is 2.80 bits per heavy atom. The molecule has 0 aliphatic rings. The number of aromatic amines is 1. The lowest BCUT2D eigenvalue weighted by atomic mass is 10.2. The summed E-state index contributed by atoms with van der Waals surface area (Å²) < 4.78 is 3.04. The Kier molecular flexibility index (Phi) is 4.44. The minimum atomic E-state index is -0.479. The van der Waals surface area contributed by atoms with E-state index >= 15 is 0 Å². The van der Waals surface area contributed by atoms with E-state index in [4.69, 9.17) is 11.6 Å². The minimum Gasteiger partial charge on any atom is -0.335 e. The van der Waals surface area contributed by atoms with Crippen molar-refractivity contribution in [1.29, 1.82) is 0 Å². The van der Waals surface area contributed by atoms with E-state index < -0.39 is 5.69 Å². The van der Waals surface area contributed by atoms with Crippen LogP contribution in [0.1, 0.15) is 31.9 Å². The van der Waals surface area contributed by atoms with Crippen LogP contribution < -0.4 is 11.2 Å². The van der Waals surface area contributed by atoms with Crippen molar-refractivity contribution in [1.82, 2.24) is 19.1 Å². The highest BCUT2D eigenvalue weighted by atomic mass is 35.5. The monoisotopic (exact) mass is 296 g/mol. The lowest BCUT2D eigenvalue weighted by Gasteiger charge is -2.16. The molecule has 0 saturated carbocycles. The Bertz CT molecular complexity index is 687. The van der Waals surface area contributed by atoms with Crippen molar-refractivity contribution in [2.45, 2.75) is 39.3 Å². The molecule has 0 bridgehead atoms. The quantitative estimate of drug-likeness (QED) is 0.852. The SMILES string of the molecule is CCCc1c(Cl)[nH]c(=O)n(C(C)Cn2ccnc2)c1=O. The molecule has 0 fully saturated rings. The third-order valence-electron chi connectivity index (χ3n) is 3.15. The highest BCUT2D eigenvalue weighted by molar-refractivity contribution is 6.30. The summed E-state index contributed by atoms with van der Waals surface area (Å²) in [5, 5.41) is 0.146. The number of halogens is 1. The van der Waals surface area contributed by atoms with E-state index in [2.05, 4.69) is 9.97 Å². The van der Waals surface area contributed by atoms with E-state index in [0.717, 1.165) is 6.42 Å². The number of hydrogen-bond acceptors (Lipinski definition) is 3. The number of nitrogens with zero attached hydrogens (tertiary/aromatic N) is 3. The summed E-state index contributed by atoms with van der Waals surface area (Å²) in [5.74, 6) is 0. The Morgan fingerprint density at radius 1 is 1.45 bits per heavy atom. The molecular formula is C13H17ClN4O2. The molecule has 1 unspecified atom stereocenters. The van der Waals surface area contributed by atoms with Gasteiger partial charge in [-0.25, -0.2) is 9.78 Å². The van der Waals surface area contributed by atoms with Crippen LogP contribution in [-0.2, 0) is 13.0 Å². The largest absolute Gasteiger partial charge is 0.335 e. The molecule has 6 nitrogen and oxygen atoms in total. The maximum atomic E-state index is 12.4. The number of hydrogen-bond donors (Lipinski definition) is 1. The summed E-state index contributed by atoms with van der Waals surface area (Å²) in [6.45, 7) is 4.27. The first kappa shape index (κ1) is 14.6. The maximum absolute atomic E-state index is 12.4. The first-order valence-corrected chi connectivity index (χ1v) is 6.91. The molecule has 0 aromatic carbocycles. The third kappa shape index (κ3) is 2.85. The molecule has 2 aromatic heterocycles. The van der Waals surface area contributed by atoms with Gasteiger partial charge in [-0.3, -0.25) is 14.3 Å². The highest BCUT2D eigenvalue weighted by Gasteiger charge is 2.16. The van der Waals surface area contributed by atoms with Gasteiger partial charge in [-0.1, -0.05) is 24.9 Å². The molecule has 20 heavy (non-hydrogen) atoms. The number of imidazole rings is 1. The van der Waals surface area contributed by atoms with Crippen LogP contribution in [0.15, 0.2) is 28.3 Å². The van der Waals surface area contributed by atoms with Gasteiger partial charge >= 0.3 is 5.69 Å². The zero-order valence-electron chi connectivity index (χ0n) is 11.5. The summed E-state index contributed by atoms with van der Waals surface area (Å²) in [6, 6.07) is -0.284. The van der Waals surface area contributed by atoms with Crippen LogP contribution in [0.25, 0.3) is 0 Å². The van der Waals surface area contributed by atoms with E-state index in [-0.39, 0.29) is 16.8 Å². The summed E-state index contributed by atoms with van der Waals surface area (Å²) in [5.41, 5.74) is -0.327. The summed E-state index contributed by atoms with van der Waals surface area (Å²) >= 11 is 5.95. The summed E-state index contributed by atoms with van der Waals surface area (Å²) in [7, 11) is 0. The van der Waals surface area contributed by atoms with Crippen molar-refractivity contribution >= 4 is 11.6 Å². The normalized spacial score (nSPS) is 12.6. The van der Waals surface area contributed by atoms with Gasteiger partial charge in [-0.2, -0.15) is 0 Å². The average Bonchev–Trinajstić information content (AvgIpc) is 2.87. The molecule has 1 atom stereocenters. The highest BCUT2D eigenvalue weighted by Crippen LogP contribution is 2.10. The van der Waals surface area contributed by atoms with E-state index in [1.165, 1.54) is 4.57 Å². The fraction of sp³-hybridized carbons (Fsp3) is 0.462. The van der Waals surface area contributed by atoms with Crippen LogP contribution in [0, 0.1) is 0 Å². The molecule has 7 heteroatoms. The van der Waals surface area contributed by atoms with Crippen LogP contribution in [0.5, 0.6) is 0 Å². The van der Waals surface area contributed by atoms with Crippen LogP contribution in [0.4, 0.5) is 0 Å². The Balaban J connectivity index is 2.43. The van der Waals surface area contributed by atoms with Gasteiger partial charge in [0.1, 0.15) is 5.15 Å². The molecule has 0 saturated heterocycles. The van der Waals surface area contributed by atoms with Crippen molar-refractivity contribution < 1.29 is 0 Å². The predicted molar refractivity (Wildman–Crippen MR) is 77.3 cm³/mol. The van der Waals surface area contributed by atoms with Crippen LogP contribution in [0.3, 0.4) is 0 Å². The van der Waals surface area contributed by atoms with Crippen LogP contribution in [-0.4, -0.2) is 19.1 Å². The molecule has 0 radical (unpaired) electrons. The topological polar surface area (TPSA) is 72.7 Å². The molecule has 0 amide bonds. The Morgan fingerprint density at radius 2 is 2.20 bits per heavy atom. The second-order valence-corrected chi connectivity index (χ2v) is 5.13. The number of aromatic nitrogens is 4. The Labute approximate surface area is 121 Å². The fourth-order valence-corrected chi connectivity index (χ4v) is 2.47. The second-order valence-electron chi connectivity index (χ2n) is 4.76. The van der Waals surface area contributed by atoms with Gasteiger partial charge in [0.05, 0.1) is 17.9 Å². The lowest BCUT2D eigenvalue weighted by molar-refractivity contribution is 0.433. The van der Waals surface area contributed by atoms with Gasteiger partial charge in [-0.15, -0.1) is 0 Å². The zero-order valence-corrected chi connectivity index (χ0v) is 12.2. The number of nitrogens with one attached hydrogen (secondary N) is 1. The van der Waals surface area contributed by atoms with Gasteiger partial charge in [0.2, 0.25) is 0 Å². The molecule has 108 valence electrons. The first-order chi connectivity index (χ1) is 9.54. The standard InChI is InChI=1S/C13H17ClN4O2/c1-3-4-10-11(14)16-13(20)18(12(10)19)9(2)7-17-6-5-15-8-17/h5-6,8-9H,3-4,7H2,1-2H3,(H,16,20). The molecule has 1 N–H and O–H groups in total. The minimum absolute atomic E-state index is 0.146. The molecular weight excluding hydrogens is 280 g/mol. The first-order valence-electron chi connectivity index (χ1n) is 6.53. The van der Waals surface area contributed by atoms with Crippen LogP contribution >= 0.6 is 11.6 Å². The van der Waals surface area contributed by atoms with Crippen molar-refractivity contribution in [3.05, 3.63) is 50.3 Å². The molecule has 2 aromatic rings. The van der Waals surface area contributed by atoms with E-state index in [0.29, 0.717) is 18.5 Å². The van der Waals surface area contributed by atoms with Crippen molar-refractivity contribution in [2.24, 2.45) is 0 Å². The smallest absolute Gasteiger partial charge is 0.329 e. The van der Waals surface area contributed by atoms with Gasteiger partial charge in [-0.05, 0) is 13.3 Å². The number of rotatable bonds is 5. The van der Waals surface area contributed by atoms with Gasteiger partial charge in [0, 0.05) is 18.9 Å².